The van der Waals surface area contributed by atoms with E-state index in [0.717, 1.165) is 0 Å². The number of carbonyl (C=O) groups excluding carboxylic acids is 1. The van der Waals surface area contributed by atoms with Crippen LogP contribution in [-0.2, 0) is 4.79 Å². The van der Waals surface area contributed by atoms with Crippen LogP contribution >= 0.6 is 0 Å². The van der Waals surface area contributed by atoms with Crippen molar-refractivity contribution in [1.29, 1.82) is 0 Å². The number of hydrogen-bond donors (Lipinski definition) is 2. The number of carbonyl (C=O) groups is 2. The summed E-state index contributed by atoms with van der Waals surface area (Å²) in [5, 5.41) is 11.4. The molecule has 1 aromatic rings. The van der Waals surface area contributed by atoms with Crippen molar-refractivity contribution < 1.29 is 19.1 Å². The van der Waals surface area contributed by atoms with Crippen LogP contribution in [0.5, 0.6) is 0 Å². The SMILES string of the molecule is Cc1c(F)cccc1C(=O)N[C@H](C(=O)O)C(C)C. The van der Waals surface area contributed by atoms with E-state index in [1.807, 2.05) is 0 Å². The fraction of sp³-hybridized carbons (Fsp3) is 0.385. The molecule has 2 N–H and O–H groups in total. The van der Waals surface area contributed by atoms with Gasteiger partial charge in [-0.1, -0.05) is 19.9 Å². The summed E-state index contributed by atoms with van der Waals surface area (Å²) in [4.78, 5) is 22.9. The third kappa shape index (κ3) is 3.06. The molecule has 0 aliphatic rings. The van der Waals surface area contributed by atoms with Gasteiger partial charge in [-0.15, -0.1) is 0 Å². The minimum absolute atomic E-state index is 0.155. The van der Waals surface area contributed by atoms with E-state index in [1.54, 1.807) is 13.8 Å². The molecule has 0 unspecified atom stereocenters. The Hall–Kier alpha value is -1.91. The van der Waals surface area contributed by atoms with Crippen molar-refractivity contribution in [3.8, 4) is 0 Å². The van der Waals surface area contributed by atoms with Crippen molar-refractivity contribution in [3.05, 3.63) is 35.1 Å². The van der Waals surface area contributed by atoms with E-state index in [1.165, 1.54) is 25.1 Å². The Morgan fingerprint density at radius 2 is 1.94 bits per heavy atom. The summed E-state index contributed by atoms with van der Waals surface area (Å²) < 4.78 is 13.3. The first-order valence-electron chi connectivity index (χ1n) is 5.63. The van der Waals surface area contributed by atoms with Gasteiger partial charge in [-0.05, 0) is 30.5 Å². The number of amides is 1. The van der Waals surface area contributed by atoms with Gasteiger partial charge < -0.3 is 10.4 Å². The van der Waals surface area contributed by atoms with Crippen LogP contribution in [0.15, 0.2) is 18.2 Å². The molecular formula is C13H16FNO3. The Morgan fingerprint density at radius 1 is 1.33 bits per heavy atom. The Morgan fingerprint density at radius 3 is 2.44 bits per heavy atom. The second-order valence-electron chi connectivity index (χ2n) is 4.45. The molecule has 4 nitrogen and oxygen atoms in total. The first kappa shape index (κ1) is 14.2. The van der Waals surface area contributed by atoms with E-state index in [4.69, 9.17) is 5.11 Å². The van der Waals surface area contributed by atoms with Crippen LogP contribution in [-0.4, -0.2) is 23.0 Å². The highest BCUT2D eigenvalue weighted by molar-refractivity contribution is 5.97. The van der Waals surface area contributed by atoms with Crippen molar-refractivity contribution in [2.24, 2.45) is 5.92 Å². The minimum Gasteiger partial charge on any atom is -0.480 e. The highest BCUT2D eigenvalue weighted by Crippen LogP contribution is 2.13. The lowest BCUT2D eigenvalue weighted by Gasteiger charge is -2.18. The molecule has 1 rings (SSSR count). The van der Waals surface area contributed by atoms with Crippen molar-refractivity contribution in [3.63, 3.8) is 0 Å². The first-order valence-corrected chi connectivity index (χ1v) is 5.63. The summed E-state index contributed by atoms with van der Waals surface area (Å²) in [6, 6.07) is 3.15. The van der Waals surface area contributed by atoms with Crippen LogP contribution in [0.25, 0.3) is 0 Å². The standard InChI is InChI=1S/C13H16FNO3/c1-7(2)11(13(17)18)15-12(16)9-5-4-6-10(14)8(9)3/h4-7,11H,1-3H3,(H,15,16)(H,17,18)/t11-/m0/s1. The molecule has 98 valence electrons. The molecular weight excluding hydrogens is 237 g/mol. The lowest BCUT2D eigenvalue weighted by atomic mass is 10.0. The molecule has 5 heteroatoms. The lowest BCUT2D eigenvalue weighted by molar-refractivity contribution is -0.140. The van der Waals surface area contributed by atoms with Gasteiger partial charge in [0.25, 0.3) is 5.91 Å². The Kier molecular flexibility index (Phi) is 4.42. The van der Waals surface area contributed by atoms with Gasteiger partial charge in [0.1, 0.15) is 11.9 Å². The van der Waals surface area contributed by atoms with E-state index >= 15 is 0 Å². The van der Waals surface area contributed by atoms with Crippen molar-refractivity contribution in [2.75, 3.05) is 0 Å². The van der Waals surface area contributed by atoms with Gasteiger partial charge in [-0.3, -0.25) is 4.79 Å². The van der Waals surface area contributed by atoms with E-state index in [2.05, 4.69) is 5.32 Å². The molecule has 0 bridgehead atoms. The summed E-state index contributed by atoms with van der Waals surface area (Å²) in [5.74, 6) is -2.42. The normalized spacial score (nSPS) is 12.3. The van der Waals surface area contributed by atoms with Gasteiger partial charge in [-0.2, -0.15) is 0 Å². The number of carboxylic acids is 1. The topological polar surface area (TPSA) is 66.4 Å². The fourth-order valence-corrected chi connectivity index (χ4v) is 1.59. The number of aliphatic carboxylic acids is 1. The van der Waals surface area contributed by atoms with Crippen molar-refractivity contribution >= 4 is 11.9 Å². The van der Waals surface area contributed by atoms with Crippen LogP contribution in [0.3, 0.4) is 0 Å². The zero-order chi connectivity index (χ0) is 13.9. The van der Waals surface area contributed by atoms with Crippen LogP contribution in [0.2, 0.25) is 0 Å². The molecule has 1 amide bonds. The molecule has 0 fully saturated rings. The van der Waals surface area contributed by atoms with Crippen molar-refractivity contribution in [1.82, 2.24) is 5.32 Å². The van der Waals surface area contributed by atoms with Gasteiger partial charge >= 0.3 is 5.97 Å². The maximum atomic E-state index is 13.3. The quantitative estimate of drug-likeness (QED) is 0.862. The molecule has 0 saturated carbocycles. The monoisotopic (exact) mass is 253 g/mol. The predicted molar refractivity (Wildman–Crippen MR) is 64.9 cm³/mol. The first-order chi connectivity index (χ1) is 8.34. The predicted octanol–water partition coefficient (Wildman–Crippen LogP) is 1.97. The zero-order valence-electron chi connectivity index (χ0n) is 10.5. The molecule has 18 heavy (non-hydrogen) atoms. The van der Waals surface area contributed by atoms with Crippen LogP contribution in [0, 0.1) is 18.7 Å². The second kappa shape index (κ2) is 5.62. The molecule has 0 spiro atoms. The van der Waals surface area contributed by atoms with Crippen LogP contribution in [0.4, 0.5) is 4.39 Å². The number of halogens is 1. The van der Waals surface area contributed by atoms with E-state index in [0.29, 0.717) is 0 Å². The molecule has 0 radical (unpaired) electrons. The van der Waals surface area contributed by atoms with Gasteiger partial charge in [0, 0.05) is 5.56 Å². The number of nitrogens with one attached hydrogen (secondary N) is 1. The highest BCUT2D eigenvalue weighted by atomic mass is 19.1. The summed E-state index contributed by atoms with van der Waals surface area (Å²) in [6.45, 7) is 4.87. The number of rotatable bonds is 4. The van der Waals surface area contributed by atoms with Gasteiger partial charge in [-0.25, -0.2) is 9.18 Å². The van der Waals surface area contributed by atoms with Crippen LogP contribution < -0.4 is 5.32 Å². The summed E-state index contributed by atoms with van der Waals surface area (Å²) >= 11 is 0. The smallest absolute Gasteiger partial charge is 0.326 e. The maximum Gasteiger partial charge on any atom is 0.326 e. The fourth-order valence-electron chi connectivity index (χ4n) is 1.59. The molecule has 1 atom stereocenters. The van der Waals surface area contributed by atoms with Crippen molar-refractivity contribution in [2.45, 2.75) is 26.8 Å². The van der Waals surface area contributed by atoms with E-state index in [-0.39, 0.29) is 17.0 Å². The maximum absolute atomic E-state index is 13.3. The number of carboxylic acid groups (broad SMARTS) is 1. The minimum atomic E-state index is -1.10. The summed E-state index contributed by atoms with van der Waals surface area (Å²) in [7, 11) is 0. The Bertz CT molecular complexity index is 471. The molecule has 0 heterocycles. The Balaban J connectivity index is 2.94. The molecule has 0 saturated heterocycles. The summed E-state index contributed by atoms with van der Waals surface area (Å²) in [5.41, 5.74) is 0.366. The lowest BCUT2D eigenvalue weighted by Crippen LogP contribution is -2.44. The number of benzene rings is 1. The molecule has 1 aromatic carbocycles. The largest absolute Gasteiger partial charge is 0.480 e. The molecule has 0 aliphatic heterocycles. The average Bonchev–Trinajstić information content (AvgIpc) is 2.28. The molecule has 0 aromatic heterocycles. The van der Waals surface area contributed by atoms with Gasteiger partial charge in [0.05, 0.1) is 0 Å². The summed E-state index contributed by atoms with van der Waals surface area (Å²) in [6.07, 6.45) is 0. The molecule has 0 aliphatic carbocycles. The van der Waals surface area contributed by atoms with Crippen LogP contribution in [0.1, 0.15) is 29.8 Å². The zero-order valence-corrected chi connectivity index (χ0v) is 10.5. The average molecular weight is 253 g/mol. The van der Waals surface area contributed by atoms with E-state index < -0.39 is 23.7 Å². The van der Waals surface area contributed by atoms with E-state index in [9.17, 15) is 14.0 Å². The van der Waals surface area contributed by atoms with Gasteiger partial charge in [0.2, 0.25) is 0 Å². The highest BCUT2D eigenvalue weighted by Gasteiger charge is 2.24. The number of hydrogen-bond acceptors (Lipinski definition) is 2. The Labute approximate surface area is 105 Å². The second-order valence-corrected chi connectivity index (χ2v) is 4.45. The third-order valence-electron chi connectivity index (χ3n) is 2.73. The van der Waals surface area contributed by atoms with Gasteiger partial charge in [0.15, 0.2) is 0 Å². The third-order valence-corrected chi connectivity index (χ3v) is 2.73.